The molecule has 3 heterocycles. The number of aromatic nitrogens is 2. The lowest BCUT2D eigenvalue weighted by Gasteiger charge is -2.33. The molecule has 0 spiro atoms. The second-order valence-electron chi connectivity index (χ2n) is 7.63. The van der Waals surface area contributed by atoms with Crippen molar-refractivity contribution in [3.63, 3.8) is 0 Å². The predicted molar refractivity (Wildman–Crippen MR) is 116 cm³/mol. The highest BCUT2D eigenvalue weighted by molar-refractivity contribution is 6.01. The molecule has 1 fully saturated rings. The minimum absolute atomic E-state index is 0.303. The number of nitrogens with zero attached hydrogens (tertiary/aromatic N) is 3. The van der Waals surface area contributed by atoms with Crippen molar-refractivity contribution in [3.05, 3.63) is 42.0 Å². The van der Waals surface area contributed by atoms with E-state index in [1.165, 1.54) is 0 Å². The Morgan fingerprint density at radius 2 is 1.76 bits per heavy atom. The summed E-state index contributed by atoms with van der Waals surface area (Å²) < 4.78 is 33.6. The monoisotopic (exact) mass is 466 g/mol. The van der Waals surface area contributed by atoms with Gasteiger partial charge in [0.05, 0.1) is 0 Å². The maximum atomic E-state index is 12.2. The molecule has 1 aromatic carbocycles. The van der Waals surface area contributed by atoms with Gasteiger partial charge in [0.25, 0.3) is 0 Å². The quantitative estimate of drug-likeness (QED) is 0.632. The number of aromatic carboxylic acids is 1. The molecule has 2 aliphatic rings. The van der Waals surface area contributed by atoms with Gasteiger partial charge in [0.2, 0.25) is 0 Å². The largest absolute Gasteiger partial charge is 0.490 e. The zero-order valence-corrected chi connectivity index (χ0v) is 18.0. The van der Waals surface area contributed by atoms with E-state index in [2.05, 4.69) is 23.2 Å². The first-order valence-corrected chi connectivity index (χ1v) is 10.5. The highest BCUT2D eigenvalue weighted by Crippen LogP contribution is 2.38. The first kappa shape index (κ1) is 24.3. The van der Waals surface area contributed by atoms with Gasteiger partial charge in [0.1, 0.15) is 17.1 Å². The standard InChI is InChI=1S/C20H24N4O2.C2HF3O2/c1-2-23-13-10-16(14-8-11-21-12-9-14)24-19(23)17(20(25)26)18(22-24)15-6-4-3-5-7-15;3-2(4,5)1(6)7/h3-7,10,14,21H,2,8-9,11-13H2,1H3,(H,25,26);(H,6,7). The Labute approximate surface area is 188 Å². The highest BCUT2D eigenvalue weighted by atomic mass is 19.4. The molecule has 0 radical (unpaired) electrons. The van der Waals surface area contributed by atoms with E-state index in [0.29, 0.717) is 17.2 Å². The van der Waals surface area contributed by atoms with Crippen LogP contribution in [0.15, 0.2) is 36.4 Å². The van der Waals surface area contributed by atoms with E-state index in [0.717, 1.165) is 56.1 Å². The Morgan fingerprint density at radius 3 is 2.27 bits per heavy atom. The average Bonchev–Trinajstić information content (AvgIpc) is 3.20. The van der Waals surface area contributed by atoms with Crippen molar-refractivity contribution in [2.75, 3.05) is 31.1 Å². The van der Waals surface area contributed by atoms with Gasteiger partial charge in [-0.25, -0.2) is 14.3 Å². The number of nitrogens with one attached hydrogen (secondary N) is 1. The molecule has 0 amide bonds. The van der Waals surface area contributed by atoms with E-state index >= 15 is 0 Å². The Bertz CT molecular complexity index is 1030. The van der Waals surface area contributed by atoms with Crippen LogP contribution in [0.25, 0.3) is 17.0 Å². The van der Waals surface area contributed by atoms with E-state index in [1.807, 2.05) is 35.0 Å². The van der Waals surface area contributed by atoms with Gasteiger partial charge in [-0.05, 0) is 38.9 Å². The van der Waals surface area contributed by atoms with Crippen LogP contribution < -0.4 is 10.2 Å². The van der Waals surface area contributed by atoms with Crippen LogP contribution >= 0.6 is 0 Å². The average molecular weight is 466 g/mol. The molecule has 0 atom stereocenters. The topological polar surface area (TPSA) is 108 Å². The molecule has 2 aliphatic heterocycles. The summed E-state index contributed by atoms with van der Waals surface area (Å²) in [6, 6.07) is 9.61. The summed E-state index contributed by atoms with van der Waals surface area (Å²) in [7, 11) is 0. The third-order valence-electron chi connectivity index (χ3n) is 5.57. The number of aliphatic carboxylic acids is 1. The lowest BCUT2D eigenvalue weighted by molar-refractivity contribution is -0.192. The normalized spacial score (nSPS) is 16.4. The van der Waals surface area contributed by atoms with Crippen molar-refractivity contribution >= 4 is 23.5 Å². The number of hydrogen-bond donors (Lipinski definition) is 3. The molecule has 1 aromatic heterocycles. The van der Waals surface area contributed by atoms with Crippen LogP contribution in [0, 0.1) is 5.92 Å². The summed E-state index contributed by atoms with van der Waals surface area (Å²) >= 11 is 0. The van der Waals surface area contributed by atoms with Gasteiger partial charge in [-0.2, -0.15) is 18.3 Å². The highest BCUT2D eigenvalue weighted by Gasteiger charge is 2.38. The summed E-state index contributed by atoms with van der Waals surface area (Å²) in [4.78, 5) is 23.1. The van der Waals surface area contributed by atoms with Crippen LogP contribution in [0.2, 0.25) is 0 Å². The fraction of sp³-hybridized carbons (Fsp3) is 0.409. The number of alkyl halides is 3. The molecule has 4 rings (SSSR count). The van der Waals surface area contributed by atoms with E-state index in [-0.39, 0.29) is 0 Å². The van der Waals surface area contributed by atoms with Gasteiger partial charge in [0.15, 0.2) is 0 Å². The number of likely N-dealkylation sites (N-methyl/N-ethyl adjacent to an activating group) is 1. The van der Waals surface area contributed by atoms with Crippen LogP contribution in [-0.2, 0) is 4.79 Å². The summed E-state index contributed by atoms with van der Waals surface area (Å²) in [5.41, 5.74) is 2.84. The Hall–Kier alpha value is -3.34. The maximum Gasteiger partial charge on any atom is 0.490 e. The van der Waals surface area contributed by atoms with E-state index in [9.17, 15) is 23.1 Å². The van der Waals surface area contributed by atoms with Crippen molar-refractivity contribution in [1.29, 1.82) is 0 Å². The number of benzene rings is 1. The fourth-order valence-electron chi connectivity index (χ4n) is 3.99. The first-order chi connectivity index (χ1) is 15.6. The van der Waals surface area contributed by atoms with E-state index in [4.69, 9.17) is 15.0 Å². The third-order valence-corrected chi connectivity index (χ3v) is 5.57. The van der Waals surface area contributed by atoms with Crippen LogP contribution in [-0.4, -0.2) is 64.3 Å². The number of carbonyl (C=O) groups is 2. The number of carboxylic acid groups (broad SMARTS) is 2. The smallest absolute Gasteiger partial charge is 0.477 e. The molecular formula is C22H25F3N4O4. The van der Waals surface area contributed by atoms with Crippen molar-refractivity contribution in [3.8, 4) is 11.3 Å². The number of halogens is 3. The van der Waals surface area contributed by atoms with Crippen LogP contribution in [0.1, 0.15) is 30.1 Å². The molecule has 11 heteroatoms. The van der Waals surface area contributed by atoms with E-state index in [1.54, 1.807) is 0 Å². The molecular weight excluding hydrogens is 441 g/mol. The molecule has 0 aliphatic carbocycles. The number of allylic oxidation sites excluding steroid dienone is 1. The second kappa shape index (κ2) is 10.1. The predicted octanol–water partition coefficient (Wildman–Crippen LogP) is 3.56. The van der Waals surface area contributed by atoms with Crippen molar-refractivity contribution in [2.24, 2.45) is 5.92 Å². The number of piperidine rings is 1. The lowest BCUT2D eigenvalue weighted by Crippen LogP contribution is -2.35. The van der Waals surface area contributed by atoms with Gasteiger partial charge < -0.3 is 20.4 Å². The minimum Gasteiger partial charge on any atom is -0.477 e. The number of hydrogen-bond acceptors (Lipinski definition) is 5. The minimum atomic E-state index is -5.08. The van der Waals surface area contributed by atoms with Crippen molar-refractivity contribution in [2.45, 2.75) is 25.9 Å². The van der Waals surface area contributed by atoms with Crippen LogP contribution in [0.3, 0.4) is 0 Å². The van der Waals surface area contributed by atoms with Gasteiger partial charge in [0, 0.05) is 30.3 Å². The molecule has 0 bridgehead atoms. The molecule has 33 heavy (non-hydrogen) atoms. The Morgan fingerprint density at radius 1 is 1.15 bits per heavy atom. The van der Waals surface area contributed by atoms with Crippen molar-refractivity contribution in [1.82, 2.24) is 15.1 Å². The number of anilines is 1. The zero-order chi connectivity index (χ0) is 24.2. The SMILES string of the molecule is CCN1CC=C(C2CCNCC2)n2nc(-c3ccccc3)c(C(=O)O)c21.O=C(O)C(F)(F)F. The molecule has 1 saturated heterocycles. The summed E-state index contributed by atoms with van der Waals surface area (Å²) in [5, 5.41) is 25.3. The van der Waals surface area contributed by atoms with Gasteiger partial charge in [-0.1, -0.05) is 30.3 Å². The molecule has 0 saturated carbocycles. The molecule has 178 valence electrons. The summed E-state index contributed by atoms with van der Waals surface area (Å²) in [6.07, 6.45) is -0.749. The summed E-state index contributed by atoms with van der Waals surface area (Å²) in [6.45, 7) is 5.52. The van der Waals surface area contributed by atoms with E-state index < -0.39 is 18.1 Å². The molecule has 3 N–H and O–H groups in total. The van der Waals surface area contributed by atoms with Crippen molar-refractivity contribution < 1.29 is 33.0 Å². The number of rotatable bonds is 4. The molecule has 8 nitrogen and oxygen atoms in total. The first-order valence-electron chi connectivity index (χ1n) is 10.5. The molecule has 0 unspecified atom stereocenters. The fourth-order valence-corrected chi connectivity index (χ4v) is 3.99. The number of fused-ring (bicyclic) bond motifs is 1. The Balaban J connectivity index is 0.000000383. The van der Waals surface area contributed by atoms with Crippen LogP contribution in [0.5, 0.6) is 0 Å². The molecule has 2 aromatic rings. The summed E-state index contributed by atoms with van der Waals surface area (Å²) in [5.74, 6) is -2.54. The lowest BCUT2D eigenvalue weighted by atomic mass is 9.93. The van der Waals surface area contributed by atoms with Gasteiger partial charge in [-0.15, -0.1) is 0 Å². The van der Waals surface area contributed by atoms with Crippen LogP contribution in [0.4, 0.5) is 19.0 Å². The second-order valence-corrected chi connectivity index (χ2v) is 7.63. The third kappa shape index (κ3) is 5.36. The van der Waals surface area contributed by atoms with Gasteiger partial charge in [-0.3, -0.25) is 0 Å². The van der Waals surface area contributed by atoms with Gasteiger partial charge >= 0.3 is 18.1 Å². The Kier molecular flexibility index (Phi) is 7.42. The maximum absolute atomic E-state index is 12.2. The number of carboxylic acids is 2. The zero-order valence-electron chi connectivity index (χ0n) is 18.0.